The summed E-state index contributed by atoms with van der Waals surface area (Å²) in [6.07, 6.45) is 1.88. The Kier molecular flexibility index (Phi) is 4.62. The van der Waals surface area contributed by atoms with Crippen molar-refractivity contribution in [2.45, 2.75) is 40.2 Å². The summed E-state index contributed by atoms with van der Waals surface area (Å²) < 4.78 is 0. The molecule has 0 aliphatic carbocycles. The average Bonchev–Trinajstić information content (AvgIpc) is 2.82. The van der Waals surface area contributed by atoms with E-state index in [1.165, 1.54) is 0 Å². The molecule has 0 radical (unpaired) electrons. The molecular weight excluding hydrogens is 268 g/mol. The molecule has 0 spiro atoms. The van der Waals surface area contributed by atoms with E-state index in [4.69, 9.17) is 0 Å². The highest BCUT2D eigenvalue weighted by molar-refractivity contribution is 5.83. The highest BCUT2D eigenvalue weighted by atomic mass is 16.3. The third-order valence-corrected chi connectivity index (χ3v) is 2.97. The van der Waals surface area contributed by atoms with Crippen molar-refractivity contribution in [3.05, 3.63) is 6.33 Å². The molecule has 7 heteroatoms. The minimum Gasteiger partial charge on any atom is -0.391 e. The fraction of sp³-hybridized carbons (Fsp3) is 0.643. The van der Waals surface area contributed by atoms with E-state index < -0.39 is 6.10 Å². The summed E-state index contributed by atoms with van der Waals surface area (Å²) >= 11 is 0. The number of aromatic nitrogens is 4. The van der Waals surface area contributed by atoms with Crippen molar-refractivity contribution in [2.24, 2.45) is 5.41 Å². The van der Waals surface area contributed by atoms with Crippen LogP contribution in [0.2, 0.25) is 0 Å². The number of H-pyrrole nitrogens is 1. The first-order chi connectivity index (χ1) is 9.89. The summed E-state index contributed by atoms with van der Waals surface area (Å²) in [5.74, 6) is 1.19. The quantitative estimate of drug-likeness (QED) is 0.650. The Morgan fingerprint density at radius 2 is 2.05 bits per heavy atom. The molecule has 2 rings (SSSR count). The molecule has 0 aliphatic rings. The molecule has 21 heavy (non-hydrogen) atoms. The van der Waals surface area contributed by atoms with Crippen LogP contribution in [0.3, 0.4) is 0 Å². The Hall–Kier alpha value is -1.89. The number of hydrogen-bond donors (Lipinski definition) is 4. The second-order valence-corrected chi connectivity index (χ2v) is 6.33. The van der Waals surface area contributed by atoms with Gasteiger partial charge in [0.2, 0.25) is 5.95 Å². The molecule has 0 aromatic carbocycles. The monoisotopic (exact) mass is 292 g/mol. The number of aliphatic hydroxyl groups is 1. The Morgan fingerprint density at radius 1 is 1.29 bits per heavy atom. The van der Waals surface area contributed by atoms with E-state index in [0.717, 1.165) is 18.5 Å². The van der Waals surface area contributed by atoms with Crippen LogP contribution in [0.1, 0.15) is 34.1 Å². The molecular formula is C14H24N6O. The maximum Gasteiger partial charge on any atom is 0.226 e. The van der Waals surface area contributed by atoms with Crippen LogP contribution >= 0.6 is 0 Å². The summed E-state index contributed by atoms with van der Waals surface area (Å²) in [6.45, 7) is 9.49. The van der Waals surface area contributed by atoms with Gasteiger partial charge in [-0.1, -0.05) is 20.8 Å². The average molecular weight is 292 g/mol. The molecule has 116 valence electrons. The maximum absolute atomic E-state index is 10.1. The number of aliphatic hydroxyl groups excluding tert-OH is 1. The van der Waals surface area contributed by atoms with Crippen molar-refractivity contribution in [2.75, 3.05) is 23.7 Å². The Balaban J connectivity index is 2.11. The van der Waals surface area contributed by atoms with Crippen LogP contribution in [0, 0.1) is 5.41 Å². The zero-order valence-corrected chi connectivity index (χ0v) is 13.1. The molecule has 0 amide bonds. The third kappa shape index (κ3) is 4.29. The van der Waals surface area contributed by atoms with Crippen LogP contribution in [0.25, 0.3) is 11.2 Å². The highest BCUT2D eigenvalue weighted by Crippen LogP contribution is 2.22. The van der Waals surface area contributed by atoms with E-state index >= 15 is 0 Å². The van der Waals surface area contributed by atoms with Gasteiger partial charge in [0.05, 0.1) is 12.4 Å². The van der Waals surface area contributed by atoms with Crippen LogP contribution in [-0.2, 0) is 0 Å². The van der Waals surface area contributed by atoms with Crippen molar-refractivity contribution in [1.82, 2.24) is 19.9 Å². The van der Waals surface area contributed by atoms with Crippen LogP contribution in [0.4, 0.5) is 11.8 Å². The minimum atomic E-state index is -0.430. The molecule has 1 unspecified atom stereocenters. The molecule has 0 bridgehead atoms. The normalized spacial score (nSPS) is 13.4. The van der Waals surface area contributed by atoms with E-state index in [9.17, 15) is 5.11 Å². The highest BCUT2D eigenvalue weighted by Gasteiger charge is 2.17. The molecule has 0 fully saturated rings. The van der Waals surface area contributed by atoms with E-state index in [1.54, 1.807) is 6.33 Å². The molecule has 0 aliphatic heterocycles. The second kappa shape index (κ2) is 6.26. The summed E-state index contributed by atoms with van der Waals surface area (Å²) in [4.78, 5) is 15.9. The number of nitrogens with zero attached hydrogens (tertiary/aromatic N) is 3. The van der Waals surface area contributed by atoms with Gasteiger partial charge in [0.25, 0.3) is 0 Å². The maximum atomic E-state index is 10.1. The van der Waals surface area contributed by atoms with E-state index in [2.05, 4.69) is 51.3 Å². The third-order valence-electron chi connectivity index (χ3n) is 2.97. The SMILES string of the molecule is CCNc1nc(NCC(O)CC(C)(C)C)c2[nH]cnc2n1. The molecule has 2 aromatic heterocycles. The van der Waals surface area contributed by atoms with Crippen molar-refractivity contribution < 1.29 is 5.11 Å². The number of hydrogen-bond acceptors (Lipinski definition) is 6. The van der Waals surface area contributed by atoms with Gasteiger partial charge in [-0.05, 0) is 18.8 Å². The zero-order valence-electron chi connectivity index (χ0n) is 13.1. The van der Waals surface area contributed by atoms with Crippen molar-refractivity contribution in [3.63, 3.8) is 0 Å². The fourth-order valence-corrected chi connectivity index (χ4v) is 2.19. The first-order valence-corrected chi connectivity index (χ1v) is 7.26. The van der Waals surface area contributed by atoms with Gasteiger partial charge in [-0.3, -0.25) is 0 Å². The number of rotatable bonds is 6. The predicted octanol–water partition coefficient (Wildman–Crippen LogP) is 1.99. The van der Waals surface area contributed by atoms with Crippen molar-refractivity contribution in [3.8, 4) is 0 Å². The van der Waals surface area contributed by atoms with Crippen LogP contribution in [-0.4, -0.2) is 44.2 Å². The largest absolute Gasteiger partial charge is 0.391 e. The van der Waals surface area contributed by atoms with Crippen LogP contribution in [0.15, 0.2) is 6.33 Å². The lowest BCUT2D eigenvalue weighted by atomic mass is 9.89. The van der Waals surface area contributed by atoms with Gasteiger partial charge >= 0.3 is 0 Å². The lowest BCUT2D eigenvalue weighted by Gasteiger charge is -2.22. The topological polar surface area (TPSA) is 98.8 Å². The van der Waals surface area contributed by atoms with Gasteiger partial charge in [0.1, 0.15) is 5.52 Å². The van der Waals surface area contributed by atoms with E-state index in [1.807, 2.05) is 6.92 Å². The van der Waals surface area contributed by atoms with Crippen LogP contribution in [0.5, 0.6) is 0 Å². The van der Waals surface area contributed by atoms with Gasteiger partial charge in [-0.25, -0.2) is 4.98 Å². The first kappa shape index (κ1) is 15.5. The number of nitrogens with one attached hydrogen (secondary N) is 3. The molecule has 4 N–H and O–H groups in total. The van der Waals surface area contributed by atoms with Gasteiger partial charge in [0.15, 0.2) is 11.5 Å². The summed E-state index contributed by atoms with van der Waals surface area (Å²) in [5.41, 5.74) is 1.44. The Labute approximate surface area is 124 Å². The van der Waals surface area contributed by atoms with E-state index in [0.29, 0.717) is 24.0 Å². The van der Waals surface area contributed by atoms with Gasteiger partial charge < -0.3 is 20.7 Å². The lowest BCUT2D eigenvalue weighted by Crippen LogP contribution is -2.25. The Morgan fingerprint density at radius 3 is 2.71 bits per heavy atom. The van der Waals surface area contributed by atoms with E-state index in [-0.39, 0.29) is 5.41 Å². The van der Waals surface area contributed by atoms with Gasteiger partial charge in [-0.15, -0.1) is 0 Å². The summed E-state index contributed by atoms with van der Waals surface area (Å²) in [6, 6.07) is 0. The number of imidazole rings is 1. The smallest absolute Gasteiger partial charge is 0.226 e. The van der Waals surface area contributed by atoms with Crippen molar-refractivity contribution in [1.29, 1.82) is 0 Å². The molecule has 2 heterocycles. The molecule has 0 saturated carbocycles. The predicted molar refractivity (Wildman–Crippen MR) is 84.4 cm³/mol. The molecule has 0 saturated heterocycles. The van der Waals surface area contributed by atoms with Crippen molar-refractivity contribution >= 4 is 22.9 Å². The van der Waals surface area contributed by atoms with Crippen LogP contribution < -0.4 is 10.6 Å². The van der Waals surface area contributed by atoms with Gasteiger partial charge in [-0.2, -0.15) is 9.97 Å². The minimum absolute atomic E-state index is 0.0883. The zero-order chi connectivity index (χ0) is 15.5. The number of anilines is 2. The molecule has 2 aromatic rings. The number of fused-ring (bicyclic) bond motifs is 1. The standard InChI is InChI=1S/C14H24N6O/c1-5-15-13-19-11(10-12(20-13)18-8-17-10)16-7-9(21)6-14(2,3)4/h8-9,21H,5-7H2,1-4H3,(H3,15,16,17,18,19,20). The summed E-state index contributed by atoms with van der Waals surface area (Å²) in [5, 5.41) is 16.4. The Bertz CT molecular complexity index is 589. The molecule has 1 atom stereocenters. The van der Waals surface area contributed by atoms with Gasteiger partial charge in [0, 0.05) is 13.1 Å². The summed E-state index contributed by atoms with van der Waals surface area (Å²) in [7, 11) is 0. The molecule has 7 nitrogen and oxygen atoms in total. The fourth-order valence-electron chi connectivity index (χ4n) is 2.19. The number of aromatic amines is 1. The lowest BCUT2D eigenvalue weighted by molar-refractivity contribution is 0.132. The first-order valence-electron chi connectivity index (χ1n) is 7.26. The second-order valence-electron chi connectivity index (χ2n) is 6.33.